The van der Waals surface area contributed by atoms with E-state index in [4.69, 9.17) is 0 Å². The maximum Gasteiger partial charge on any atom is 0.273 e. The number of hydrogen-bond acceptors (Lipinski definition) is 3. The Bertz CT molecular complexity index is 1060. The zero-order valence-electron chi connectivity index (χ0n) is 18.1. The number of carbonyl (C=O) groups is 1. The summed E-state index contributed by atoms with van der Waals surface area (Å²) in [7, 11) is 0. The third kappa shape index (κ3) is 3.38. The molecule has 1 aliphatic heterocycles. The number of nitrogens with zero attached hydrogens (tertiary/aromatic N) is 2. The van der Waals surface area contributed by atoms with Crippen LogP contribution in [0.5, 0.6) is 5.75 Å². The summed E-state index contributed by atoms with van der Waals surface area (Å²) >= 11 is 0. The van der Waals surface area contributed by atoms with Crippen molar-refractivity contribution < 1.29 is 9.90 Å². The molecule has 2 N–H and O–H groups in total. The van der Waals surface area contributed by atoms with E-state index >= 15 is 0 Å². The monoisotopic (exact) mass is 403 g/mol. The lowest BCUT2D eigenvalue weighted by Crippen LogP contribution is -2.30. The first-order chi connectivity index (χ1) is 14.4. The third-order valence-electron chi connectivity index (χ3n) is 5.96. The summed E-state index contributed by atoms with van der Waals surface area (Å²) in [5.41, 5.74) is 6.94. The predicted octanol–water partition coefficient (Wildman–Crippen LogP) is 5.44. The Morgan fingerprint density at radius 3 is 2.47 bits per heavy atom. The Morgan fingerprint density at radius 1 is 1.07 bits per heavy atom. The van der Waals surface area contributed by atoms with Gasteiger partial charge < -0.3 is 10.0 Å². The molecule has 1 aliphatic rings. The van der Waals surface area contributed by atoms with Crippen molar-refractivity contribution in [3.8, 4) is 17.0 Å². The number of hydrogen-bond donors (Lipinski definition) is 2. The van der Waals surface area contributed by atoms with Crippen molar-refractivity contribution in [1.29, 1.82) is 0 Å². The second-order valence-electron chi connectivity index (χ2n) is 8.36. The molecular weight excluding hydrogens is 374 g/mol. The normalized spacial score (nSPS) is 15.7. The molecule has 1 unspecified atom stereocenters. The molecule has 1 atom stereocenters. The molecule has 5 heteroatoms. The van der Waals surface area contributed by atoms with Crippen LogP contribution in [0.25, 0.3) is 11.3 Å². The average molecular weight is 404 g/mol. The van der Waals surface area contributed by atoms with E-state index < -0.39 is 0 Å². The first kappa shape index (κ1) is 20.2. The molecule has 156 valence electrons. The minimum absolute atomic E-state index is 0.0188. The van der Waals surface area contributed by atoms with E-state index in [1.807, 2.05) is 24.8 Å². The zero-order chi connectivity index (χ0) is 21.4. The summed E-state index contributed by atoms with van der Waals surface area (Å²) in [6.45, 7) is 8.85. The quantitative estimate of drug-likeness (QED) is 0.538. The second-order valence-corrected chi connectivity index (χ2v) is 8.36. The van der Waals surface area contributed by atoms with Crippen LogP contribution in [0.2, 0.25) is 0 Å². The lowest BCUT2D eigenvalue weighted by Gasteiger charge is -2.26. The van der Waals surface area contributed by atoms with Crippen molar-refractivity contribution in [1.82, 2.24) is 15.1 Å². The largest absolute Gasteiger partial charge is 0.507 e. The van der Waals surface area contributed by atoms with Crippen molar-refractivity contribution in [2.24, 2.45) is 0 Å². The number of amides is 1. The molecule has 0 saturated carbocycles. The number of aromatic amines is 1. The van der Waals surface area contributed by atoms with Crippen LogP contribution in [0.15, 0.2) is 36.4 Å². The highest BCUT2D eigenvalue weighted by Crippen LogP contribution is 2.45. The summed E-state index contributed by atoms with van der Waals surface area (Å²) in [6.07, 6.45) is 3.15. The van der Waals surface area contributed by atoms with Gasteiger partial charge in [-0.15, -0.1) is 0 Å². The van der Waals surface area contributed by atoms with Crippen LogP contribution in [0.4, 0.5) is 0 Å². The fraction of sp³-hybridized carbons (Fsp3) is 0.360. The van der Waals surface area contributed by atoms with E-state index in [-0.39, 0.29) is 17.7 Å². The lowest BCUT2D eigenvalue weighted by atomic mass is 9.92. The number of carbonyl (C=O) groups excluding carboxylic acids is 1. The molecule has 1 amide bonds. The van der Waals surface area contributed by atoms with Crippen LogP contribution >= 0.6 is 0 Å². The Balaban J connectivity index is 1.87. The Labute approximate surface area is 177 Å². The van der Waals surface area contributed by atoms with Crippen LogP contribution in [0.3, 0.4) is 0 Å². The van der Waals surface area contributed by atoms with Gasteiger partial charge in [-0.2, -0.15) is 5.10 Å². The molecule has 0 aliphatic carbocycles. The van der Waals surface area contributed by atoms with Gasteiger partial charge in [-0.25, -0.2) is 0 Å². The predicted molar refractivity (Wildman–Crippen MR) is 119 cm³/mol. The van der Waals surface area contributed by atoms with E-state index in [0.717, 1.165) is 41.5 Å². The molecule has 2 heterocycles. The number of aromatic nitrogens is 2. The highest BCUT2D eigenvalue weighted by Gasteiger charge is 2.42. The number of aromatic hydroxyl groups is 1. The molecule has 30 heavy (non-hydrogen) atoms. The minimum atomic E-state index is -0.209. The number of phenolic OH excluding ortho intramolecular Hbond substituents is 1. The summed E-state index contributed by atoms with van der Waals surface area (Å²) in [4.78, 5) is 15.3. The summed E-state index contributed by atoms with van der Waals surface area (Å²) < 4.78 is 0. The molecule has 3 aromatic rings. The molecule has 0 saturated heterocycles. The number of rotatable bonds is 6. The van der Waals surface area contributed by atoms with Crippen molar-refractivity contribution in [2.45, 2.75) is 53.0 Å². The maximum absolute atomic E-state index is 13.3. The Hall–Kier alpha value is -3.08. The highest BCUT2D eigenvalue weighted by atomic mass is 16.3. The van der Waals surface area contributed by atoms with E-state index in [1.165, 1.54) is 5.56 Å². The standard InChI is InChI=1S/C25H29N3O2/c1-5-6-7-12-28-24(18-10-8-15(2)9-11-18)21-22(26-27-23(21)25(28)30)20-17(4)13-16(3)14-19(20)29/h8-11,13-14,24,29H,5-7,12H2,1-4H3,(H,26,27). The van der Waals surface area contributed by atoms with Gasteiger partial charge in [-0.1, -0.05) is 55.7 Å². The van der Waals surface area contributed by atoms with Crippen LogP contribution in [0.1, 0.15) is 70.5 Å². The van der Waals surface area contributed by atoms with Gasteiger partial charge in [0.25, 0.3) is 5.91 Å². The maximum atomic E-state index is 13.3. The van der Waals surface area contributed by atoms with Gasteiger partial charge in [0.2, 0.25) is 0 Å². The fourth-order valence-electron chi connectivity index (χ4n) is 4.50. The van der Waals surface area contributed by atoms with Crippen LogP contribution < -0.4 is 0 Å². The van der Waals surface area contributed by atoms with Crippen molar-refractivity contribution >= 4 is 5.91 Å². The number of H-pyrrole nitrogens is 1. The first-order valence-corrected chi connectivity index (χ1v) is 10.7. The molecule has 1 aromatic heterocycles. The first-order valence-electron chi connectivity index (χ1n) is 10.7. The van der Waals surface area contributed by atoms with Crippen molar-refractivity contribution in [3.05, 3.63) is 69.9 Å². The lowest BCUT2D eigenvalue weighted by molar-refractivity contribution is 0.0740. The fourth-order valence-corrected chi connectivity index (χ4v) is 4.50. The molecule has 2 aromatic carbocycles. The number of phenols is 1. The van der Waals surface area contributed by atoms with Crippen LogP contribution in [-0.2, 0) is 0 Å². The van der Waals surface area contributed by atoms with Gasteiger partial charge in [0, 0.05) is 17.7 Å². The number of unbranched alkanes of at least 4 members (excludes halogenated alkanes) is 2. The van der Waals surface area contributed by atoms with Gasteiger partial charge in [0.1, 0.15) is 17.1 Å². The Kier molecular flexibility index (Phi) is 5.37. The van der Waals surface area contributed by atoms with Crippen LogP contribution in [-0.4, -0.2) is 32.7 Å². The van der Waals surface area contributed by atoms with E-state index in [2.05, 4.69) is 48.3 Å². The van der Waals surface area contributed by atoms with E-state index in [0.29, 0.717) is 23.5 Å². The molecule has 0 spiro atoms. The smallest absolute Gasteiger partial charge is 0.273 e. The van der Waals surface area contributed by atoms with Crippen LogP contribution in [0, 0.1) is 20.8 Å². The minimum Gasteiger partial charge on any atom is -0.507 e. The van der Waals surface area contributed by atoms with Crippen molar-refractivity contribution in [3.63, 3.8) is 0 Å². The molecule has 0 bridgehead atoms. The summed E-state index contributed by atoms with van der Waals surface area (Å²) in [5.74, 6) is 0.177. The van der Waals surface area contributed by atoms with Gasteiger partial charge in [-0.3, -0.25) is 9.89 Å². The number of fused-ring (bicyclic) bond motifs is 1. The average Bonchev–Trinajstić information content (AvgIpc) is 3.22. The molecular formula is C25H29N3O2. The molecule has 0 fully saturated rings. The SMILES string of the molecule is CCCCCN1C(=O)c2[nH]nc(-c3c(C)cc(C)cc3O)c2C1c1ccc(C)cc1. The number of aryl methyl sites for hydroxylation is 3. The number of benzene rings is 2. The Morgan fingerprint density at radius 2 is 1.80 bits per heavy atom. The molecule has 5 nitrogen and oxygen atoms in total. The van der Waals surface area contributed by atoms with Crippen molar-refractivity contribution in [2.75, 3.05) is 6.54 Å². The van der Waals surface area contributed by atoms with Gasteiger partial charge in [0.15, 0.2) is 0 Å². The van der Waals surface area contributed by atoms with Gasteiger partial charge in [-0.05, 0) is 49.9 Å². The van der Waals surface area contributed by atoms with Gasteiger partial charge >= 0.3 is 0 Å². The highest BCUT2D eigenvalue weighted by molar-refractivity contribution is 6.00. The molecule has 4 rings (SSSR count). The van der Waals surface area contributed by atoms with E-state index in [9.17, 15) is 9.90 Å². The zero-order valence-corrected chi connectivity index (χ0v) is 18.1. The summed E-state index contributed by atoms with van der Waals surface area (Å²) in [6, 6.07) is 11.9. The summed E-state index contributed by atoms with van der Waals surface area (Å²) in [5, 5.41) is 18.2. The topological polar surface area (TPSA) is 69.2 Å². The van der Waals surface area contributed by atoms with Gasteiger partial charge in [0.05, 0.1) is 6.04 Å². The number of nitrogens with one attached hydrogen (secondary N) is 1. The third-order valence-corrected chi connectivity index (χ3v) is 5.96. The van der Waals surface area contributed by atoms with E-state index in [1.54, 1.807) is 6.07 Å². The molecule has 0 radical (unpaired) electrons. The second kappa shape index (κ2) is 7.98.